The van der Waals surface area contributed by atoms with Crippen molar-refractivity contribution >= 4 is 29.2 Å². The van der Waals surface area contributed by atoms with Gasteiger partial charge in [-0.3, -0.25) is 9.69 Å². The number of halogens is 2. The zero-order chi connectivity index (χ0) is 22.5. The van der Waals surface area contributed by atoms with Crippen LogP contribution in [-0.2, 0) is 9.53 Å². The Morgan fingerprint density at radius 3 is 2.53 bits per heavy atom. The van der Waals surface area contributed by atoms with E-state index in [1.165, 1.54) is 0 Å². The van der Waals surface area contributed by atoms with Gasteiger partial charge in [-0.2, -0.15) is 0 Å². The van der Waals surface area contributed by atoms with Gasteiger partial charge < -0.3 is 19.5 Å². The number of hydrogen-bond acceptors (Lipinski definition) is 5. The summed E-state index contributed by atoms with van der Waals surface area (Å²) in [6, 6.07) is 14.1. The first-order valence-corrected chi connectivity index (χ1v) is 11.7. The van der Waals surface area contributed by atoms with E-state index in [1.807, 2.05) is 41.3 Å². The predicted octanol–water partition coefficient (Wildman–Crippen LogP) is 4.36. The predicted molar refractivity (Wildman–Crippen MR) is 125 cm³/mol. The number of carboxylic acids is 1. The van der Waals surface area contributed by atoms with E-state index < -0.39 is 12.0 Å². The molecule has 2 fully saturated rings. The first-order chi connectivity index (χ1) is 15.5. The molecule has 2 atom stereocenters. The minimum Gasteiger partial charge on any atom is -0.490 e. The van der Waals surface area contributed by atoms with Crippen LogP contribution in [0.2, 0.25) is 10.0 Å². The molecule has 2 aliphatic rings. The van der Waals surface area contributed by atoms with Gasteiger partial charge in [0.15, 0.2) is 0 Å². The number of likely N-dealkylation sites (tertiary alicyclic amines) is 1. The molecule has 32 heavy (non-hydrogen) atoms. The molecule has 2 saturated heterocycles. The first-order valence-electron chi connectivity index (χ1n) is 11.0. The Labute approximate surface area is 198 Å². The maximum absolute atomic E-state index is 12.0. The zero-order valence-corrected chi connectivity index (χ0v) is 19.3. The van der Waals surface area contributed by atoms with Crippen molar-refractivity contribution in [2.45, 2.75) is 31.1 Å². The number of hydrogen-bond donors (Lipinski definition) is 1. The van der Waals surface area contributed by atoms with Gasteiger partial charge in [0.2, 0.25) is 0 Å². The number of carbonyl (C=O) groups is 1. The lowest BCUT2D eigenvalue weighted by Gasteiger charge is -2.40. The standard InChI is InChI=1S/C24H28Cl2N2O4/c25-21-7-6-19(14-22(21)26)32-18-8-10-27(11-9-18)15-20-16-28(12-13-31-20)23(24(29)30)17-4-2-1-3-5-17/h1-7,14,18,20,23H,8-13,15-16H2,(H,29,30)/t20-,23+/m0/s1. The van der Waals surface area contributed by atoms with Crippen molar-refractivity contribution in [3.05, 3.63) is 64.1 Å². The van der Waals surface area contributed by atoms with E-state index in [2.05, 4.69) is 4.90 Å². The van der Waals surface area contributed by atoms with E-state index in [9.17, 15) is 9.90 Å². The monoisotopic (exact) mass is 478 g/mol. The van der Waals surface area contributed by atoms with Gasteiger partial charge >= 0.3 is 5.97 Å². The summed E-state index contributed by atoms with van der Waals surface area (Å²) in [6.45, 7) is 4.36. The van der Waals surface area contributed by atoms with E-state index in [0.29, 0.717) is 29.7 Å². The van der Waals surface area contributed by atoms with E-state index >= 15 is 0 Å². The molecule has 6 nitrogen and oxygen atoms in total. The van der Waals surface area contributed by atoms with Gasteiger partial charge in [-0.15, -0.1) is 0 Å². The topological polar surface area (TPSA) is 62.2 Å². The Balaban J connectivity index is 1.28. The van der Waals surface area contributed by atoms with Crippen molar-refractivity contribution in [1.29, 1.82) is 0 Å². The maximum Gasteiger partial charge on any atom is 0.325 e. The number of carboxylic acid groups (broad SMARTS) is 1. The molecule has 4 rings (SSSR count). The van der Waals surface area contributed by atoms with Crippen LogP contribution in [0.4, 0.5) is 0 Å². The summed E-state index contributed by atoms with van der Waals surface area (Å²) < 4.78 is 12.1. The number of piperidine rings is 1. The third-order valence-corrected chi connectivity index (χ3v) is 6.81. The Kier molecular flexibility index (Phi) is 7.92. The molecule has 0 aliphatic carbocycles. The fourth-order valence-corrected chi connectivity index (χ4v) is 4.76. The molecule has 2 aromatic carbocycles. The molecule has 0 bridgehead atoms. The highest BCUT2D eigenvalue weighted by molar-refractivity contribution is 6.42. The summed E-state index contributed by atoms with van der Waals surface area (Å²) in [7, 11) is 0. The minimum atomic E-state index is -0.822. The van der Waals surface area contributed by atoms with Gasteiger partial charge in [-0.05, 0) is 30.5 Å². The highest BCUT2D eigenvalue weighted by atomic mass is 35.5. The lowest BCUT2D eigenvalue weighted by Crippen LogP contribution is -2.51. The lowest BCUT2D eigenvalue weighted by atomic mass is 10.0. The zero-order valence-electron chi connectivity index (χ0n) is 17.8. The summed E-state index contributed by atoms with van der Waals surface area (Å²) in [5, 5.41) is 10.9. The summed E-state index contributed by atoms with van der Waals surface area (Å²) in [5.74, 6) is -0.0816. The van der Waals surface area contributed by atoms with Crippen LogP contribution in [0.25, 0.3) is 0 Å². The molecule has 0 saturated carbocycles. The molecule has 0 aromatic heterocycles. The Bertz CT molecular complexity index is 906. The van der Waals surface area contributed by atoms with Gasteiger partial charge in [0.05, 0.1) is 22.8 Å². The molecule has 0 radical (unpaired) electrons. The third-order valence-electron chi connectivity index (χ3n) is 6.07. The normalized spacial score (nSPS) is 21.9. The van der Waals surface area contributed by atoms with Crippen LogP contribution < -0.4 is 4.74 Å². The average molecular weight is 479 g/mol. The van der Waals surface area contributed by atoms with Crippen LogP contribution in [0.5, 0.6) is 5.75 Å². The second kappa shape index (κ2) is 10.9. The van der Waals surface area contributed by atoms with Crippen LogP contribution >= 0.6 is 23.2 Å². The summed E-state index contributed by atoms with van der Waals surface area (Å²) in [4.78, 5) is 16.4. The van der Waals surface area contributed by atoms with Crippen LogP contribution in [0.1, 0.15) is 24.4 Å². The molecule has 172 valence electrons. The minimum absolute atomic E-state index is 0.0122. The summed E-state index contributed by atoms with van der Waals surface area (Å²) >= 11 is 12.1. The number of morpholine rings is 1. The SMILES string of the molecule is O=C(O)[C@@H](c1ccccc1)N1CCO[C@@H](CN2CCC(Oc3ccc(Cl)c(Cl)c3)CC2)C1. The molecule has 2 heterocycles. The molecule has 0 unspecified atom stereocenters. The van der Waals surface area contributed by atoms with Crippen LogP contribution in [0.15, 0.2) is 48.5 Å². The highest BCUT2D eigenvalue weighted by Gasteiger charge is 2.33. The van der Waals surface area contributed by atoms with Crippen molar-refractivity contribution < 1.29 is 19.4 Å². The fourth-order valence-electron chi connectivity index (χ4n) is 4.47. The number of benzene rings is 2. The van der Waals surface area contributed by atoms with Crippen molar-refractivity contribution in [1.82, 2.24) is 9.80 Å². The van der Waals surface area contributed by atoms with E-state index in [0.717, 1.165) is 43.8 Å². The fraction of sp³-hybridized carbons (Fsp3) is 0.458. The van der Waals surface area contributed by atoms with Crippen LogP contribution in [-0.4, -0.2) is 72.4 Å². The van der Waals surface area contributed by atoms with Crippen LogP contribution in [0.3, 0.4) is 0 Å². The smallest absolute Gasteiger partial charge is 0.325 e. The Morgan fingerprint density at radius 1 is 1.09 bits per heavy atom. The van der Waals surface area contributed by atoms with E-state index in [-0.39, 0.29) is 12.2 Å². The quantitative estimate of drug-likeness (QED) is 0.637. The molecular formula is C24H28Cl2N2O4. The van der Waals surface area contributed by atoms with Gasteiger partial charge in [0.1, 0.15) is 17.9 Å². The van der Waals surface area contributed by atoms with E-state index in [4.69, 9.17) is 32.7 Å². The molecule has 2 aliphatic heterocycles. The van der Waals surface area contributed by atoms with Gasteiger partial charge in [0, 0.05) is 38.8 Å². The molecular weight excluding hydrogens is 451 g/mol. The average Bonchev–Trinajstić information content (AvgIpc) is 2.79. The van der Waals surface area contributed by atoms with Crippen molar-refractivity contribution in [3.63, 3.8) is 0 Å². The molecule has 1 N–H and O–H groups in total. The summed E-state index contributed by atoms with van der Waals surface area (Å²) in [5.41, 5.74) is 0.806. The Morgan fingerprint density at radius 2 is 1.84 bits per heavy atom. The van der Waals surface area contributed by atoms with Gasteiger partial charge in [-0.25, -0.2) is 0 Å². The number of nitrogens with zero attached hydrogens (tertiary/aromatic N) is 2. The molecule has 2 aromatic rings. The van der Waals surface area contributed by atoms with Gasteiger partial charge in [-0.1, -0.05) is 53.5 Å². The van der Waals surface area contributed by atoms with Crippen LogP contribution in [0, 0.1) is 0 Å². The maximum atomic E-state index is 12.0. The second-order valence-corrected chi connectivity index (χ2v) is 9.15. The number of rotatable bonds is 7. The first kappa shape index (κ1) is 23.3. The highest BCUT2D eigenvalue weighted by Crippen LogP contribution is 2.28. The molecule has 0 amide bonds. The number of ether oxygens (including phenoxy) is 2. The summed E-state index contributed by atoms with van der Waals surface area (Å²) in [6.07, 6.45) is 1.96. The van der Waals surface area contributed by atoms with Crippen molar-refractivity contribution in [2.24, 2.45) is 0 Å². The van der Waals surface area contributed by atoms with Crippen molar-refractivity contribution in [3.8, 4) is 5.75 Å². The van der Waals surface area contributed by atoms with Gasteiger partial charge in [0.25, 0.3) is 0 Å². The Hall–Kier alpha value is -1.83. The molecule has 0 spiro atoms. The number of aliphatic carboxylic acids is 1. The molecule has 8 heteroatoms. The third kappa shape index (κ3) is 5.94. The lowest BCUT2D eigenvalue weighted by molar-refractivity contribution is -0.147. The largest absolute Gasteiger partial charge is 0.490 e. The van der Waals surface area contributed by atoms with E-state index in [1.54, 1.807) is 12.1 Å². The second-order valence-electron chi connectivity index (χ2n) is 8.33. The van der Waals surface area contributed by atoms with Crippen molar-refractivity contribution in [2.75, 3.05) is 39.3 Å².